The normalized spacial score (nSPS) is 12.1. The van der Waals surface area contributed by atoms with Crippen LogP contribution < -0.4 is 14.8 Å². The summed E-state index contributed by atoms with van der Waals surface area (Å²) in [4.78, 5) is 18.2. The molecule has 6 aromatic rings. The van der Waals surface area contributed by atoms with Crippen LogP contribution in [0.5, 0.6) is 5.75 Å². The fourth-order valence-electron chi connectivity index (χ4n) is 4.26. The van der Waals surface area contributed by atoms with Gasteiger partial charge in [0.05, 0.1) is 17.3 Å². The Labute approximate surface area is 226 Å². The van der Waals surface area contributed by atoms with Gasteiger partial charge in [-0.05, 0) is 72.7 Å². The van der Waals surface area contributed by atoms with Gasteiger partial charge in [-0.25, -0.2) is 9.07 Å². The van der Waals surface area contributed by atoms with Gasteiger partial charge in [0.2, 0.25) is 4.96 Å². The lowest BCUT2D eigenvalue weighted by Gasteiger charge is -2.06. The van der Waals surface area contributed by atoms with Gasteiger partial charge in [0, 0.05) is 17.3 Å². The third-order valence-electron chi connectivity index (χ3n) is 6.21. The van der Waals surface area contributed by atoms with Crippen molar-refractivity contribution in [2.24, 2.45) is 0 Å². The summed E-state index contributed by atoms with van der Waals surface area (Å²) in [7, 11) is 1.65. The molecule has 0 aliphatic rings. The predicted molar refractivity (Wildman–Crippen MR) is 152 cm³/mol. The van der Waals surface area contributed by atoms with Gasteiger partial charge in [0.15, 0.2) is 5.82 Å². The third kappa shape index (κ3) is 4.87. The van der Waals surface area contributed by atoms with E-state index < -0.39 is 0 Å². The summed E-state index contributed by atoms with van der Waals surface area (Å²) in [5.41, 5.74) is 4.89. The van der Waals surface area contributed by atoms with Crippen molar-refractivity contribution in [1.82, 2.24) is 24.4 Å². The van der Waals surface area contributed by atoms with E-state index in [1.54, 1.807) is 36.1 Å². The number of aryl methyl sites for hydroxylation is 1. The average Bonchev–Trinajstić information content (AvgIpc) is 3.63. The summed E-state index contributed by atoms with van der Waals surface area (Å²) < 4.78 is 22.2. The summed E-state index contributed by atoms with van der Waals surface area (Å²) in [6, 6.07) is 21.8. The van der Waals surface area contributed by atoms with E-state index in [-0.39, 0.29) is 11.4 Å². The molecular weight excluding hydrogens is 513 g/mol. The molecule has 0 saturated carbocycles. The molecule has 0 radical (unpaired) electrons. The lowest BCUT2D eigenvalue weighted by Crippen LogP contribution is -2.23. The molecule has 0 saturated heterocycles. The number of methoxy groups -OCH3 is 1. The van der Waals surface area contributed by atoms with Gasteiger partial charge in [-0.15, -0.1) is 5.10 Å². The first kappa shape index (κ1) is 24.4. The van der Waals surface area contributed by atoms with E-state index in [4.69, 9.17) is 9.84 Å². The van der Waals surface area contributed by atoms with Crippen LogP contribution in [-0.2, 0) is 0 Å². The van der Waals surface area contributed by atoms with Crippen LogP contribution in [0.1, 0.15) is 22.5 Å². The molecule has 7 nitrogen and oxygen atoms in total. The van der Waals surface area contributed by atoms with Crippen LogP contribution in [0.2, 0.25) is 0 Å². The zero-order valence-corrected chi connectivity index (χ0v) is 21.9. The van der Waals surface area contributed by atoms with Crippen molar-refractivity contribution in [1.29, 1.82) is 0 Å². The Balaban J connectivity index is 1.41. The number of fused-ring (bicyclic) bond motifs is 1. The maximum Gasteiger partial charge on any atom is 0.291 e. The molecule has 192 valence electrons. The number of ether oxygens (including phenoxy) is 1. The highest BCUT2D eigenvalue weighted by Gasteiger charge is 2.15. The molecule has 3 heterocycles. The Kier molecular flexibility index (Phi) is 6.34. The summed E-state index contributed by atoms with van der Waals surface area (Å²) in [5, 5.41) is 9.22. The second-order valence-corrected chi connectivity index (χ2v) is 9.87. The van der Waals surface area contributed by atoms with Crippen LogP contribution in [0.15, 0.2) is 83.8 Å². The Morgan fingerprint density at radius 3 is 2.49 bits per heavy atom. The average molecular weight is 536 g/mol. The first-order valence-corrected chi connectivity index (χ1v) is 13.0. The fourth-order valence-corrected chi connectivity index (χ4v) is 5.17. The number of para-hydroxylation sites is 1. The highest BCUT2D eigenvalue weighted by molar-refractivity contribution is 7.15. The van der Waals surface area contributed by atoms with Crippen LogP contribution in [0.25, 0.3) is 40.1 Å². The van der Waals surface area contributed by atoms with Gasteiger partial charge in [-0.3, -0.25) is 4.79 Å². The number of halogens is 1. The SMILES string of the molecule is COc1ccc(-c2nn(-c3ccccc3)cc2/C=c2\sc3nc(/C=C/c4ccc(F)cc4)nn3c2=O)cc1C. The van der Waals surface area contributed by atoms with Crippen LogP contribution in [0, 0.1) is 12.7 Å². The van der Waals surface area contributed by atoms with Crippen molar-refractivity contribution in [3.8, 4) is 22.7 Å². The van der Waals surface area contributed by atoms with E-state index >= 15 is 0 Å². The first-order valence-electron chi connectivity index (χ1n) is 12.1. The molecule has 3 aromatic heterocycles. The molecule has 39 heavy (non-hydrogen) atoms. The minimum atomic E-state index is -0.299. The second kappa shape index (κ2) is 10.1. The monoisotopic (exact) mass is 535 g/mol. The molecule has 9 heteroatoms. The Morgan fingerprint density at radius 1 is 0.974 bits per heavy atom. The van der Waals surface area contributed by atoms with Crippen LogP contribution in [-0.4, -0.2) is 31.5 Å². The predicted octanol–water partition coefficient (Wildman–Crippen LogP) is 5.18. The van der Waals surface area contributed by atoms with Crippen molar-refractivity contribution in [3.05, 3.63) is 122 Å². The summed E-state index contributed by atoms with van der Waals surface area (Å²) in [5.74, 6) is 0.899. The molecule has 0 N–H and O–H groups in total. The Morgan fingerprint density at radius 2 is 1.77 bits per heavy atom. The molecule has 0 bridgehead atoms. The number of hydrogen-bond donors (Lipinski definition) is 0. The van der Waals surface area contributed by atoms with Crippen LogP contribution in [0.4, 0.5) is 4.39 Å². The summed E-state index contributed by atoms with van der Waals surface area (Å²) in [6.45, 7) is 1.98. The minimum absolute atomic E-state index is 0.256. The zero-order chi connectivity index (χ0) is 26.9. The first-order chi connectivity index (χ1) is 19.0. The van der Waals surface area contributed by atoms with Crippen molar-refractivity contribution in [3.63, 3.8) is 0 Å². The highest BCUT2D eigenvalue weighted by Crippen LogP contribution is 2.29. The van der Waals surface area contributed by atoms with E-state index in [0.29, 0.717) is 15.3 Å². The molecule has 3 aromatic carbocycles. The maximum atomic E-state index is 13.3. The number of thiazole rings is 1. The number of benzene rings is 3. The molecule has 0 amide bonds. The number of nitrogens with zero attached hydrogens (tertiary/aromatic N) is 5. The maximum absolute atomic E-state index is 13.3. The zero-order valence-electron chi connectivity index (χ0n) is 21.1. The van der Waals surface area contributed by atoms with E-state index in [1.165, 1.54) is 28.0 Å². The van der Waals surface area contributed by atoms with E-state index in [2.05, 4.69) is 10.1 Å². The second-order valence-electron chi connectivity index (χ2n) is 8.86. The van der Waals surface area contributed by atoms with Crippen molar-refractivity contribution in [2.45, 2.75) is 6.92 Å². The molecule has 6 rings (SSSR count). The lowest BCUT2D eigenvalue weighted by atomic mass is 10.0. The quantitative estimate of drug-likeness (QED) is 0.294. The molecular formula is C30H22FN5O2S. The van der Waals surface area contributed by atoms with Crippen molar-refractivity contribution < 1.29 is 9.13 Å². The molecule has 0 aliphatic carbocycles. The van der Waals surface area contributed by atoms with E-state index in [9.17, 15) is 9.18 Å². The summed E-state index contributed by atoms with van der Waals surface area (Å²) >= 11 is 1.26. The topological polar surface area (TPSA) is 74.3 Å². The van der Waals surface area contributed by atoms with Gasteiger partial charge in [-0.1, -0.05) is 47.7 Å². The number of rotatable bonds is 6. The van der Waals surface area contributed by atoms with Crippen LogP contribution >= 0.6 is 11.3 Å². The van der Waals surface area contributed by atoms with E-state index in [0.717, 1.165) is 39.4 Å². The minimum Gasteiger partial charge on any atom is -0.496 e. The van der Waals surface area contributed by atoms with Crippen molar-refractivity contribution in [2.75, 3.05) is 7.11 Å². The standard InChI is InChI=1S/C30H22FN5O2S/c1-19-16-21(11-14-25(19)38-2)28-22(18-35(34-28)24-6-4-3-5-7-24)17-26-29(37)36-30(39-26)32-27(33-36)15-10-20-8-12-23(31)13-9-20/h3-18H,1-2H3/b15-10+,26-17-. The highest BCUT2D eigenvalue weighted by atomic mass is 32.1. The fraction of sp³-hybridized carbons (Fsp3) is 0.0667. The molecule has 0 atom stereocenters. The largest absolute Gasteiger partial charge is 0.496 e. The molecule has 0 aliphatic heterocycles. The molecule has 0 unspecified atom stereocenters. The summed E-state index contributed by atoms with van der Waals surface area (Å²) in [6.07, 6.45) is 7.22. The number of aromatic nitrogens is 5. The van der Waals surface area contributed by atoms with Gasteiger partial charge < -0.3 is 4.74 Å². The van der Waals surface area contributed by atoms with Gasteiger partial charge in [-0.2, -0.15) is 14.6 Å². The van der Waals surface area contributed by atoms with Crippen molar-refractivity contribution >= 4 is 34.5 Å². The number of hydrogen-bond acceptors (Lipinski definition) is 6. The van der Waals surface area contributed by atoms with Gasteiger partial charge >= 0.3 is 0 Å². The van der Waals surface area contributed by atoms with Gasteiger partial charge in [0.25, 0.3) is 5.56 Å². The third-order valence-corrected chi connectivity index (χ3v) is 7.17. The Hall–Kier alpha value is -4.89. The van der Waals surface area contributed by atoms with Crippen LogP contribution in [0.3, 0.4) is 0 Å². The van der Waals surface area contributed by atoms with Gasteiger partial charge in [0.1, 0.15) is 17.3 Å². The Bertz CT molecular complexity index is 1940. The molecule has 0 spiro atoms. The van der Waals surface area contributed by atoms with E-state index in [1.807, 2.05) is 67.7 Å². The molecule has 0 fully saturated rings. The lowest BCUT2D eigenvalue weighted by molar-refractivity contribution is 0.412. The smallest absolute Gasteiger partial charge is 0.291 e.